The minimum absolute atomic E-state index is 0.164. The van der Waals surface area contributed by atoms with E-state index in [1.807, 2.05) is 6.92 Å². The fraction of sp³-hybridized carbons (Fsp3) is 0.500. The second kappa shape index (κ2) is 6.97. The third-order valence-corrected chi connectivity index (χ3v) is 2.21. The summed E-state index contributed by atoms with van der Waals surface area (Å²) in [6.45, 7) is 3.07. The molecule has 0 aliphatic carbocycles. The predicted octanol–water partition coefficient (Wildman–Crippen LogP) is 0.799. The third kappa shape index (κ3) is 4.49. The van der Waals surface area contributed by atoms with Gasteiger partial charge in [0, 0.05) is 6.61 Å². The standard InChI is InChI=1S/C10H16N4O2S/c1-2-4-16-5-3-8(15)13-10-7(9(11)17)6-12-14-10/h6H,2-5H2,1H3,(H2,11,17)(H2,12,13,14,15). The number of anilines is 1. The first-order chi connectivity index (χ1) is 8.15. The van der Waals surface area contributed by atoms with Gasteiger partial charge in [-0.3, -0.25) is 9.89 Å². The van der Waals surface area contributed by atoms with Crippen LogP contribution in [0.4, 0.5) is 5.82 Å². The minimum atomic E-state index is -0.164. The van der Waals surface area contributed by atoms with E-state index in [0.29, 0.717) is 24.6 Å². The Labute approximate surface area is 105 Å². The Morgan fingerprint density at radius 3 is 3.06 bits per heavy atom. The molecular formula is C10H16N4O2S. The van der Waals surface area contributed by atoms with E-state index in [9.17, 15) is 4.79 Å². The average Bonchev–Trinajstić information content (AvgIpc) is 2.72. The van der Waals surface area contributed by atoms with Crippen LogP contribution in [0.2, 0.25) is 0 Å². The molecule has 0 saturated carbocycles. The van der Waals surface area contributed by atoms with Crippen LogP contribution < -0.4 is 11.1 Å². The van der Waals surface area contributed by atoms with E-state index in [2.05, 4.69) is 15.5 Å². The SMILES string of the molecule is CCCOCCC(=O)Nc1[nH]ncc1C(N)=S. The van der Waals surface area contributed by atoms with Crippen molar-refractivity contribution in [3.05, 3.63) is 11.8 Å². The molecule has 0 radical (unpaired) electrons. The van der Waals surface area contributed by atoms with Gasteiger partial charge in [0.2, 0.25) is 5.91 Å². The maximum atomic E-state index is 11.5. The lowest BCUT2D eigenvalue weighted by Gasteiger charge is -2.05. The van der Waals surface area contributed by atoms with Crippen LogP contribution in [0.3, 0.4) is 0 Å². The van der Waals surface area contributed by atoms with E-state index in [4.69, 9.17) is 22.7 Å². The molecule has 6 nitrogen and oxygen atoms in total. The predicted molar refractivity (Wildman–Crippen MR) is 68.8 cm³/mol. The molecule has 7 heteroatoms. The number of amides is 1. The molecule has 0 unspecified atom stereocenters. The largest absolute Gasteiger partial charge is 0.389 e. The molecule has 4 N–H and O–H groups in total. The molecule has 1 aromatic rings. The van der Waals surface area contributed by atoms with Gasteiger partial charge in [-0.1, -0.05) is 19.1 Å². The van der Waals surface area contributed by atoms with Gasteiger partial charge in [-0.2, -0.15) is 5.10 Å². The quantitative estimate of drug-likeness (QED) is 0.495. The van der Waals surface area contributed by atoms with Gasteiger partial charge < -0.3 is 15.8 Å². The Morgan fingerprint density at radius 2 is 2.41 bits per heavy atom. The zero-order valence-corrected chi connectivity index (χ0v) is 10.5. The fourth-order valence-electron chi connectivity index (χ4n) is 1.18. The Morgan fingerprint density at radius 1 is 1.65 bits per heavy atom. The van der Waals surface area contributed by atoms with E-state index in [1.165, 1.54) is 6.20 Å². The van der Waals surface area contributed by atoms with Crippen molar-refractivity contribution < 1.29 is 9.53 Å². The molecule has 0 aliphatic heterocycles. The van der Waals surface area contributed by atoms with Crippen LogP contribution in [-0.4, -0.2) is 34.3 Å². The first kappa shape index (κ1) is 13.6. The van der Waals surface area contributed by atoms with Crippen molar-refractivity contribution in [2.45, 2.75) is 19.8 Å². The van der Waals surface area contributed by atoms with E-state index in [-0.39, 0.29) is 17.3 Å². The van der Waals surface area contributed by atoms with Crippen molar-refractivity contribution in [3.8, 4) is 0 Å². The molecule has 1 amide bonds. The van der Waals surface area contributed by atoms with Crippen LogP contribution >= 0.6 is 12.2 Å². The van der Waals surface area contributed by atoms with Crippen LogP contribution in [-0.2, 0) is 9.53 Å². The number of aromatic nitrogens is 2. The number of rotatable bonds is 7. The molecule has 1 rings (SSSR count). The summed E-state index contributed by atoms with van der Waals surface area (Å²) in [5.74, 6) is 0.265. The lowest BCUT2D eigenvalue weighted by atomic mass is 10.3. The lowest BCUT2D eigenvalue weighted by molar-refractivity contribution is -0.117. The fourth-order valence-corrected chi connectivity index (χ4v) is 1.34. The highest BCUT2D eigenvalue weighted by molar-refractivity contribution is 7.80. The number of nitrogens with one attached hydrogen (secondary N) is 2. The summed E-state index contributed by atoms with van der Waals surface area (Å²) in [7, 11) is 0. The van der Waals surface area contributed by atoms with Crippen LogP contribution in [0.15, 0.2) is 6.20 Å². The number of carbonyl (C=O) groups is 1. The highest BCUT2D eigenvalue weighted by Crippen LogP contribution is 2.10. The maximum absolute atomic E-state index is 11.5. The smallest absolute Gasteiger partial charge is 0.227 e. The summed E-state index contributed by atoms with van der Waals surface area (Å²) in [4.78, 5) is 11.7. The van der Waals surface area contributed by atoms with E-state index >= 15 is 0 Å². The molecule has 0 fully saturated rings. The number of nitrogens with two attached hydrogens (primary N) is 1. The molecule has 0 spiro atoms. The summed E-state index contributed by atoms with van der Waals surface area (Å²) in [5.41, 5.74) is 6.00. The van der Waals surface area contributed by atoms with Gasteiger partial charge in [-0.15, -0.1) is 0 Å². The summed E-state index contributed by atoms with van der Waals surface area (Å²) in [6, 6.07) is 0. The Hall–Kier alpha value is -1.47. The van der Waals surface area contributed by atoms with Crippen molar-refractivity contribution in [3.63, 3.8) is 0 Å². The van der Waals surface area contributed by atoms with Crippen LogP contribution in [0.1, 0.15) is 25.3 Å². The molecule has 17 heavy (non-hydrogen) atoms. The molecule has 0 bridgehead atoms. The van der Waals surface area contributed by atoms with Crippen LogP contribution in [0.5, 0.6) is 0 Å². The first-order valence-corrected chi connectivity index (χ1v) is 5.76. The zero-order valence-electron chi connectivity index (χ0n) is 9.66. The molecule has 1 heterocycles. The molecule has 0 aliphatic rings. The van der Waals surface area contributed by atoms with E-state index < -0.39 is 0 Å². The molecule has 0 atom stereocenters. The Bertz CT molecular complexity index is 391. The highest BCUT2D eigenvalue weighted by Gasteiger charge is 2.10. The summed E-state index contributed by atoms with van der Waals surface area (Å²) in [5, 5.41) is 9.04. The van der Waals surface area contributed by atoms with Crippen molar-refractivity contribution >= 4 is 28.9 Å². The molecule has 0 aromatic carbocycles. The maximum Gasteiger partial charge on any atom is 0.227 e. The average molecular weight is 256 g/mol. The number of carbonyl (C=O) groups excluding carboxylic acids is 1. The van der Waals surface area contributed by atoms with Gasteiger partial charge in [0.1, 0.15) is 10.8 Å². The van der Waals surface area contributed by atoms with Crippen LogP contribution in [0.25, 0.3) is 0 Å². The minimum Gasteiger partial charge on any atom is -0.389 e. The van der Waals surface area contributed by atoms with Crippen molar-refractivity contribution in [1.29, 1.82) is 0 Å². The summed E-state index contributed by atoms with van der Waals surface area (Å²) < 4.78 is 5.21. The van der Waals surface area contributed by atoms with Crippen molar-refractivity contribution in [2.75, 3.05) is 18.5 Å². The molecule has 1 aromatic heterocycles. The summed E-state index contributed by atoms with van der Waals surface area (Å²) in [6.07, 6.45) is 2.70. The zero-order chi connectivity index (χ0) is 12.7. The normalized spacial score (nSPS) is 10.2. The van der Waals surface area contributed by atoms with Crippen molar-refractivity contribution in [2.24, 2.45) is 5.73 Å². The number of ether oxygens (including phenoxy) is 1. The van der Waals surface area contributed by atoms with Gasteiger partial charge in [-0.25, -0.2) is 0 Å². The number of aromatic amines is 1. The molecular weight excluding hydrogens is 240 g/mol. The molecule has 94 valence electrons. The van der Waals surface area contributed by atoms with E-state index in [1.54, 1.807) is 0 Å². The number of thiocarbonyl (C=S) groups is 1. The van der Waals surface area contributed by atoms with Gasteiger partial charge in [0.05, 0.1) is 24.8 Å². The number of hydrogen-bond donors (Lipinski definition) is 3. The second-order valence-electron chi connectivity index (χ2n) is 3.43. The lowest BCUT2D eigenvalue weighted by Crippen LogP contribution is -2.18. The monoisotopic (exact) mass is 256 g/mol. The van der Waals surface area contributed by atoms with E-state index in [0.717, 1.165) is 6.42 Å². The second-order valence-corrected chi connectivity index (χ2v) is 3.87. The topological polar surface area (TPSA) is 93.0 Å². The number of hydrogen-bond acceptors (Lipinski definition) is 4. The third-order valence-electron chi connectivity index (χ3n) is 1.99. The van der Waals surface area contributed by atoms with Gasteiger partial charge in [0.25, 0.3) is 0 Å². The Kier molecular flexibility index (Phi) is 5.58. The summed E-state index contributed by atoms with van der Waals surface area (Å²) >= 11 is 4.82. The highest BCUT2D eigenvalue weighted by atomic mass is 32.1. The Balaban J connectivity index is 2.40. The van der Waals surface area contributed by atoms with Crippen molar-refractivity contribution in [1.82, 2.24) is 10.2 Å². The first-order valence-electron chi connectivity index (χ1n) is 5.36. The van der Waals surface area contributed by atoms with Gasteiger partial charge >= 0.3 is 0 Å². The van der Waals surface area contributed by atoms with Gasteiger partial charge in [-0.05, 0) is 6.42 Å². The van der Waals surface area contributed by atoms with Gasteiger partial charge in [0.15, 0.2) is 0 Å². The molecule has 0 saturated heterocycles. The van der Waals surface area contributed by atoms with Crippen LogP contribution in [0, 0.1) is 0 Å². The number of nitrogens with zero attached hydrogens (tertiary/aromatic N) is 1. The number of H-pyrrole nitrogens is 1.